The molecule has 1 unspecified atom stereocenters. The van der Waals surface area contributed by atoms with Crippen LogP contribution in [0.25, 0.3) is 11.1 Å². The quantitative estimate of drug-likeness (QED) is 0.627. The van der Waals surface area contributed by atoms with Crippen molar-refractivity contribution in [2.45, 2.75) is 11.1 Å². The number of pyridine rings is 1. The predicted octanol–water partition coefficient (Wildman–Crippen LogP) is 3.64. The first-order chi connectivity index (χ1) is 9.29. The Morgan fingerprint density at radius 1 is 1.15 bits per heavy atom. The third-order valence-electron chi connectivity index (χ3n) is 2.65. The van der Waals surface area contributed by atoms with Crippen LogP contribution in [0, 0.1) is 5.82 Å². The number of aromatic nitrogens is 1. The predicted molar refractivity (Wildman–Crippen MR) is 67.0 cm³/mol. The van der Waals surface area contributed by atoms with Gasteiger partial charge in [0, 0.05) is 23.4 Å². The van der Waals surface area contributed by atoms with E-state index in [0.29, 0.717) is 17.0 Å². The van der Waals surface area contributed by atoms with Crippen molar-refractivity contribution >= 4 is 11.2 Å². The standard InChI is InChI=1S/C13H9F4NOS/c1-20(19)10-4-8(6-18-7-10)11-5-9(13(15,16)17)2-3-12(11)14/h2-7H,1H3. The molecule has 0 spiro atoms. The summed E-state index contributed by atoms with van der Waals surface area (Å²) in [6, 6.07) is 3.51. The average Bonchev–Trinajstić information content (AvgIpc) is 2.38. The summed E-state index contributed by atoms with van der Waals surface area (Å²) in [7, 11) is 0. The number of nitrogens with zero attached hydrogens (tertiary/aromatic N) is 1. The minimum Gasteiger partial charge on any atom is -0.612 e. The topological polar surface area (TPSA) is 36.0 Å². The number of hydrogen-bond acceptors (Lipinski definition) is 2. The molecule has 0 N–H and O–H groups in total. The Morgan fingerprint density at radius 2 is 1.85 bits per heavy atom. The second-order valence-electron chi connectivity index (χ2n) is 4.06. The van der Waals surface area contributed by atoms with E-state index < -0.39 is 28.7 Å². The van der Waals surface area contributed by atoms with Crippen LogP contribution in [-0.2, 0) is 17.4 Å². The SMILES string of the molecule is C[S+]([O-])c1cncc(-c2cc(C(F)(F)F)ccc2F)c1. The van der Waals surface area contributed by atoms with Gasteiger partial charge in [-0.05, 0) is 29.4 Å². The molecule has 0 aliphatic carbocycles. The molecule has 106 valence electrons. The van der Waals surface area contributed by atoms with Crippen LogP contribution in [0.2, 0.25) is 0 Å². The molecular weight excluding hydrogens is 294 g/mol. The van der Waals surface area contributed by atoms with Gasteiger partial charge in [-0.25, -0.2) is 4.39 Å². The Morgan fingerprint density at radius 3 is 2.45 bits per heavy atom. The number of halogens is 4. The maximum atomic E-state index is 13.7. The summed E-state index contributed by atoms with van der Waals surface area (Å²) in [5.41, 5.74) is -1.02. The Labute approximate surface area is 115 Å². The zero-order valence-corrected chi connectivity index (χ0v) is 11.1. The molecule has 0 fully saturated rings. The lowest BCUT2D eigenvalue weighted by molar-refractivity contribution is -0.137. The maximum absolute atomic E-state index is 13.7. The van der Waals surface area contributed by atoms with E-state index in [1.807, 2.05) is 0 Å². The molecule has 7 heteroatoms. The molecule has 1 aromatic carbocycles. The van der Waals surface area contributed by atoms with Gasteiger partial charge >= 0.3 is 6.18 Å². The van der Waals surface area contributed by atoms with Crippen molar-refractivity contribution in [2.24, 2.45) is 0 Å². The molecule has 1 aromatic heterocycles. The Balaban J connectivity index is 2.54. The van der Waals surface area contributed by atoms with Crippen molar-refractivity contribution in [1.29, 1.82) is 0 Å². The van der Waals surface area contributed by atoms with Gasteiger partial charge in [0.2, 0.25) is 0 Å². The zero-order valence-electron chi connectivity index (χ0n) is 10.2. The van der Waals surface area contributed by atoms with Crippen molar-refractivity contribution in [3.63, 3.8) is 0 Å². The molecular formula is C13H9F4NOS. The summed E-state index contributed by atoms with van der Waals surface area (Å²) in [4.78, 5) is 4.09. The summed E-state index contributed by atoms with van der Waals surface area (Å²) >= 11 is -1.35. The molecule has 20 heavy (non-hydrogen) atoms. The van der Waals surface area contributed by atoms with Crippen LogP contribution in [0.1, 0.15) is 5.56 Å². The molecule has 0 aliphatic heterocycles. The fourth-order valence-corrected chi connectivity index (χ4v) is 2.15. The zero-order chi connectivity index (χ0) is 14.9. The summed E-state index contributed by atoms with van der Waals surface area (Å²) in [6.45, 7) is 0. The monoisotopic (exact) mass is 303 g/mol. The van der Waals surface area contributed by atoms with Gasteiger partial charge < -0.3 is 4.55 Å². The second-order valence-corrected chi connectivity index (χ2v) is 5.44. The Bertz CT molecular complexity index is 628. The molecule has 0 saturated carbocycles. The molecule has 1 heterocycles. The van der Waals surface area contributed by atoms with E-state index in [2.05, 4.69) is 4.98 Å². The van der Waals surface area contributed by atoms with Crippen LogP contribution in [0.5, 0.6) is 0 Å². The van der Waals surface area contributed by atoms with Crippen molar-refractivity contribution in [3.8, 4) is 11.1 Å². The first-order valence-corrected chi connectivity index (χ1v) is 7.00. The molecule has 2 rings (SSSR count). The van der Waals surface area contributed by atoms with Crippen molar-refractivity contribution in [2.75, 3.05) is 6.26 Å². The first-order valence-electron chi connectivity index (χ1n) is 5.44. The highest BCUT2D eigenvalue weighted by Crippen LogP contribution is 2.33. The van der Waals surface area contributed by atoms with Crippen LogP contribution < -0.4 is 0 Å². The van der Waals surface area contributed by atoms with Crippen LogP contribution >= 0.6 is 0 Å². The van der Waals surface area contributed by atoms with Crippen molar-refractivity contribution < 1.29 is 22.1 Å². The minimum absolute atomic E-state index is 0.154. The van der Waals surface area contributed by atoms with E-state index in [9.17, 15) is 22.1 Å². The van der Waals surface area contributed by atoms with E-state index in [-0.39, 0.29) is 11.1 Å². The van der Waals surface area contributed by atoms with Gasteiger partial charge in [-0.1, -0.05) is 0 Å². The normalized spacial score (nSPS) is 13.3. The first kappa shape index (κ1) is 14.8. The van der Waals surface area contributed by atoms with Crippen LogP contribution in [0.4, 0.5) is 17.6 Å². The van der Waals surface area contributed by atoms with Crippen molar-refractivity contribution in [3.05, 3.63) is 48.0 Å². The lowest BCUT2D eigenvalue weighted by atomic mass is 10.0. The third-order valence-corrected chi connectivity index (χ3v) is 3.54. The minimum atomic E-state index is -4.55. The number of alkyl halides is 3. The highest BCUT2D eigenvalue weighted by Gasteiger charge is 2.31. The van der Waals surface area contributed by atoms with E-state index in [0.717, 1.165) is 6.07 Å². The largest absolute Gasteiger partial charge is 0.612 e. The molecule has 0 aliphatic rings. The van der Waals surface area contributed by atoms with Gasteiger partial charge in [0.15, 0.2) is 4.90 Å². The van der Waals surface area contributed by atoms with E-state index >= 15 is 0 Å². The third kappa shape index (κ3) is 3.10. The molecule has 1 atom stereocenters. The summed E-state index contributed by atoms with van der Waals surface area (Å²) in [5.74, 6) is -0.793. The van der Waals surface area contributed by atoms with E-state index in [4.69, 9.17) is 0 Å². The molecule has 0 radical (unpaired) electrons. The number of rotatable bonds is 2. The summed E-state index contributed by atoms with van der Waals surface area (Å²) < 4.78 is 63.0. The van der Waals surface area contributed by atoms with Gasteiger partial charge in [0.25, 0.3) is 0 Å². The maximum Gasteiger partial charge on any atom is 0.416 e. The van der Waals surface area contributed by atoms with Crippen LogP contribution in [0.15, 0.2) is 41.6 Å². The fraction of sp³-hybridized carbons (Fsp3) is 0.154. The smallest absolute Gasteiger partial charge is 0.416 e. The number of benzene rings is 1. The number of hydrogen-bond donors (Lipinski definition) is 0. The van der Waals surface area contributed by atoms with Gasteiger partial charge in [0.05, 0.1) is 11.8 Å². The summed E-state index contributed by atoms with van der Waals surface area (Å²) in [5, 5.41) is 0. The lowest BCUT2D eigenvalue weighted by Gasteiger charge is -2.10. The van der Waals surface area contributed by atoms with Gasteiger partial charge in [-0.3, -0.25) is 4.98 Å². The van der Waals surface area contributed by atoms with E-state index in [1.165, 1.54) is 24.7 Å². The molecule has 0 amide bonds. The van der Waals surface area contributed by atoms with Gasteiger partial charge in [0.1, 0.15) is 12.1 Å². The fourth-order valence-electron chi connectivity index (χ4n) is 1.65. The Hall–Kier alpha value is -1.60. The molecule has 0 saturated heterocycles. The Kier molecular flexibility index (Phi) is 4.01. The lowest BCUT2D eigenvalue weighted by Crippen LogP contribution is -2.05. The highest BCUT2D eigenvalue weighted by molar-refractivity contribution is 7.90. The molecule has 2 aromatic rings. The van der Waals surface area contributed by atoms with Crippen molar-refractivity contribution in [1.82, 2.24) is 4.98 Å². The summed E-state index contributed by atoms with van der Waals surface area (Å²) in [6.07, 6.45) is -0.593. The second kappa shape index (κ2) is 5.41. The van der Waals surface area contributed by atoms with Crippen LogP contribution in [-0.4, -0.2) is 15.8 Å². The highest BCUT2D eigenvalue weighted by atomic mass is 32.2. The van der Waals surface area contributed by atoms with E-state index in [1.54, 1.807) is 0 Å². The molecule has 2 nitrogen and oxygen atoms in total. The van der Waals surface area contributed by atoms with Gasteiger partial charge in [-0.15, -0.1) is 0 Å². The average molecular weight is 303 g/mol. The van der Waals surface area contributed by atoms with Crippen LogP contribution in [0.3, 0.4) is 0 Å². The molecule has 0 bridgehead atoms. The van der Waals surface area contributed by atoms with Gasteiger partial charge in [-0.2, -0.15) is 13.2 Å².